The predicted molar refractivity (Wildman–Crippen MR) is 142 cm³/mol. The Morgan fingerprint density at radius 1 is 1.06 bits per heavy atom. The highest BCUT2D eigenvalue weighted by atomic mass is 35.5. The van der Waals surface area contributed by atoms with Gasteiger partial charge in [-0.2, -0.15) is 0 Å². The van der Waals surface area contributed by atoms with E-state index in [0.717, 1.165) is 34.5 Å². The Hall–Kier alpha value is -3.39. The van der Waals surface area contributed by atoms with Crippen molar-refractivity contribution in [3.05, 3.63) is 82.9 Å². The number of carbonyl (C=O) groups is 2. The van der Waals surface area contributed by atoms with Gasteiger partial charge in [0.25, 0.3) is 5.91 Å². The molecule has 1 aliphatic rings. The number of nitrogens with one attached hydrogen (secondary N) is 2. The second kappa shape index (κ2) is 11.1. The Bertz CT molecular complexity index is 1230. The number of halogens is 1. The van der Waals surface area contributed by atoms with Crippen LogP contribution in [0.15, 0.2) is 66.7 Å². The van der Waals surface area contributed by atoms with Crippen molar-refractivity contribution in [2.24, 2.45) is 0 Å². The van der Waals surface area contributed by atoms with E-state index < -0.39 is 12.7 Å². The van der Waals surface area contributed by atoms with Crippen LogP contribution in [0.1, 0.15) is 42.2 Å². The van der Waals surface area contributed by atoms with Crippen molar-refractivity contribution < 1.29 is 19.8 Å². The Morgan fingerprint density at radius 2 is 1.72 bits per heavy atom. The van der Waals surface area contributed by atoms with Crippen LogP contribution in [0.3, 0.4) is 0 Å². The van der Waals surface area contributed by atoms with E-state index in [9.17, 15) is 14.7 Å². The summed E-state index contributed by atoms with van der Waals surface area (Å²) in [7, 11) is 0. The van der Waals surface area contributed by atoms with Crippen LogP contribution < -0.4 is 15.5 Å². The van der Waals surface area contributed by atoms with Crippen LogP contribution in [0.5, 0.6) is 0 Å². The molecule has 188 valence electrons. The molecule has 0 bridgehead atoms. The molecule has 1 heterocycles. The second-order valence-corrected chi connectivity index (χ2v) is 9.51. The third-order valence-electron chi connectivity index (χ3n) is 6.39. The van der Waals surface area contributed by atoms with Gasteiger partial charge in [-0.15, -0.1) is 0 Å². The first-order chi connectivity index (χ1) is 17.3. The molecule has 2 amide bonds. The Kier molecular flexibility index (Phi) is 7.94. The molecule has 8 heteroatoms. The van der Waals surface area contributed by atoms with E-state index >= 15 is 0 Å². The number of aliphatic hydroxyl groups excluding tert-OH is 2. The molecule has 0 fully saturated rings. The quantitative estimate of drug-likeness (QED) is 0.380. The highest BCUT2D eigenvalue weighted by molar-refractivity contribution is 6.30. The van der Waals surface area contributed by atoms with Crippen LogP contribution in [0.25, 0.3) is 11.1 Å². The van der Waals surface area contributed by atoms with Gasteiger partial charge in [0.05, 0.1) is 18.8 Å². The van der Waals surface area contributed by atoms with Crippen molar-refractivity contribution in [2.45, 2.75) is 38.5 Å². The van der Waals surface area contributed by atoms with Gasteiger partial charge in [0.15, 0.2) is 0 Å². The molecule has 3 atom stereocenters. The van der Waals surface area contributed by atoms with E-state index in [1.165, 1.54) is 0 Å². The maximum Gasteiger partial charge on any atom is 0.251 e. The number of aliphatic hydroxyl groups is 2. The van der Waals surface area contributed by atoms with E-state index in [-0.39, 0.29) is 30.4 Å². The lowest BCUT2D eigenvalue weighted by atomic mass is 9.88. The third kappa shape index (κ3) is 5.70. The molecule has 4 rings (SSSR count). The molecule has 0 aromatic heterocycles. The summed E-state index contributed by atoms with van der Waals surface area (Å²) in [6.07, 6.45) is -0.243. The molecule has 4 N–H and O–H groups in total. The predicted octanol–water partition coefficient (Wildman–Crippen LogP) is 4.39. The number of amides is 2. The maximum atomic E-state index is 12.5. The lowest BCUT2D eigenvalue weighted by Gasteiger charge is -2.39. The number of anilines is 2. The lowest BCUT2D eigenvalue weighted by Crippen LogP contribution is -2.43. The molecule has 1 aliphatic heterocycles. The molecule has 0 spiro atoms. The number of fused-ring (bicyclic) bond motifs is 1. The summed E-state index contributed by atoms with van der Waals surface area (Å²) in [4.78, 5) is 26.6. The monoisotopic (exact) mass is 507 g/mol. The van der Waals surface area contributed by atoms with Crippen LogP contribution in [-0.2, 0) is 4.79 Å². The van der Waals surface area contributed by atoms with Gasteiger partial charge in [0.1, 0.15) is 0 Å². The number of nitrogens with zero attached hydrogens (tertiary/aromatic N) is 1. The molecule has 0 saturated carbocycles. The summed E-state index contributed by atoms with van der Waals surface area (Å²) in [5, 5.41) is 25.2. The Balaban J connectivity index is 1.62. The van der Waals surface area contributed by atoms with Crippen molar-refractivity contribution in [3.8, 4) is 11.1 Å². The summed E-state index contributed by atoms with van der Waals surface area (Å²) in [6.45, 7) is 3.21. The lowest BCUT2D eigenvalue weighted by molar-refractivity contribution is -0.117. The molecular formula is C28H30ClN3O4. The smallest absolute Gasteiger partial charge is 0.251 e. The Labute approximate surface area is 215 Å². The van der Waals surface area contributed by atoms with Gasteiger partial charge in [0.2, 0.25) is 5.91 Å². The van der Waals surface area contributed by atoms with Gasteiger partial charge in [0, 0.05) is 41.5 Å². The first kappa shape index (κ1) is 25.7. The van der Waals surface area contributed by atoms with Crippen LogP contribution >= 0.6 is 11.6 Å². The SMILES string of the molecule is CC(=O)N1c2ccc(-c3ccc(C(=O)NC[C@H](O)CO)cc3)cc2[C@H](Nc2ccc(Cl)cc2)C[C@@H]1C. The summed E-state index contributed by atoms with van der Waals surface area (Å²) in [5.74, 6) is -0.319. The van der Waals surface area contributed by atoms with Crippen molar-refractivity contribution >= 4 is 34.8 Å². The number of benzene rings is 3. The fourth-order valence-corrected chi connectivity index (χ4v) is 4.72. The molecule has 0 saturated heterocycles. The van der Waals surface area contributed by atoms with Crippen molar-refractivity contribution in [1.82, 2.24) is 5.32 Å². The minimum Gasteiger partial charge on any atom is -0.394 e. The summed E-state index contributed by atoms with van der Waals surface area (Å²) in [6, 6.07) is 20.9. The highest BCUT2D eigenvalue weighted by Crippen LogP contribution is 2.41. The van der Waals surface area contributed by atoms with Crippen molar-refractivity contribution in [3.63, 3.8) is 0 Å². The second-order valence-electron chi connectivity index (χ2n) is 9.07. The van der Waals surface area contributed by atoms with Crippen molar-refractivity contribution in [1.29, 1.82) is 0 Å². The minimum atomic E-state index is -0.990. The molecular weight excluding hydrogens is 478 g/mol. The van der Waals surface area contributed by atoms with Crippen LogP contribution in [0, 0.1) is 0 Å². The average molecular weight is 508 g/mol. The van der Waals surface area contributed by atoms with Gasteiger partial charge >= 0.3 is 0 Å². The zero-order valence-corrected chi connectivity index (χ0v) is 21.0. The first-order valence-electron chi connectivity index (χ1n) is 11.9. The van der Waals surface area contributed by atoms with E-state index in [0.29, 0.717) is 10.6 Å². The number of rotatable bonds is 7. The van der Waals surface area contributed by atoms with Crippen LogP contribution in [-0.4, -0.2) is 47.3 Å². The normalized spacial score (nSPS) is 17.8. The van der Waals surface area contributed by atoms with E-state index in [2.05, 4.69) is 23.6 Å². The number of carbonyl (C=O) groups excluding carboxylic acids is 2. The standard InChI is InChI=1S/C28H30ClN3O4/c1-17-13-26(31-23-10-8-22(29)9-11-23)25-14-21(7-12-27(25)32(17)18(2)34)19-3-5-20(6-4-19)28(36)30-15-24(35)16-33/h3-12,14,17,24,26,31,33,35H,13,15-16H2,1-2H3,(H,30,36)/t17-,24-,26+/m0/s1. The third-order valence-corrected chi connectivity index (χ3v) is 6.65. The zero-order valence-electron chi connectivity index (χ0n) is 20.2. The molecule has 0 aliphatic carbocycles. The molecule has 36 heavy (non-hydrogen) atoms. The van der Waals surface area contributed by atoms with Gasteiger partial charge < -0.3 is 25.7 Å². The molecule has 0 radical (unpaired) electrons. The minimum absolute atomic E-state index is 0.00289. The fraction of sp³-hybridized carbons (Fsp3) is 0.286. The molecule has 3 aromatic rings. The zero-order chi connectivity index (χ0) is 25.8. The Morgan fingerprint density at radius 3 is 2.36 bits per heavy atom. The topological polar surface area (TPSA) is 102 Å². The van der Waals surface area contributed by atoms with Gasteiger partial charge in [-0.3, -0.25) is 9.59 Å². The average Bonchev–Trinajstić information content (AvgIpc) is 2.88. The summed E-state index contributed by atoms with van der Waals surface area (Å²) >= 11 is 6.05. The van der Waals surface area contributed by atoms with Crippen LogP contribution in [0.4, 0.5) is 11.4 Å². The number of hydrogen-bond donors (Lipinski definition) is 4. The molecule has 0 unspecified atom stereocenters. The van der Waals surface area contributed by atoms with Crippen LogP contribution in [0.2, 0.25) is 5.02 Å². The largest absolute Gasteiger partial charge is 0.394 e. The van der Waals surface area contributed by atoms with E-state index in [1.807, 2.05) is 53.4 Å². The summed E-state index contributed by atoms with van der Waals surface area (Å²) < 4.78 is 0. The fourth-order valence-electron chi connectivity index (χ4n) is 4.60. The molecule has 3 aromatic carbocycles. The summed E-state index contributed by atoms with van der Waals surface area (Å²) in [5.41, 5.74) is 5.22. The van der Waals surface area contributed by atoms with Gasteiger partial charge in [-0.25, -0.2) is 0 Å². The van der Waals surface area contributed by atoms with Gasteiger partial charge in [-0.1, -0.05) is 29.8 Å². The molecule has 7 nitrogen and oxygen atoms in total. The maximum absolute atomic E-state index is 12.5. The van der Waals surface area contributed by atoms with E-state index in [1.54, 1.807) is 19.1 Å². The van der Waals surface area contributed by atoms with Gasteiger partial charge in [-0.05, 0) is 78.6 Å². The number of hydrogen-bond acceptors (Lipinski definition) is 5. The highest BCUT2D eigenvalue weighted by Gasteiger charge is 2.32. The van der Waals surface area contributed by atoms with E-state index in [4.69, 9.17) is 16.7 Å². The van der Waals surface area contributed by atoms with Crippen molar-refractivity contribution in [2.75, 3.05) is 23.4 Å². The first-order valence-corrected chi connectivity index (χ1v) is 12.3.